The minimum absolute atomic E-state index is 0.0314. The Kier molecular flexibility index (Phi) is 3.57. The van der Waals surface area contributed by atoms with E-state index < -0.39 is 0 Å². The van der Waals surface area contributed by atoms with Crippen molar-refractivity contribution < 1.29 is 4.79 Å². The van der Waals surface area contributed by atoms with Crippen LogP contribution in [0.4, 0.5) is 5.69 Å². The number of pyridine rings is 1. The smallest absolute Gasteiger partial charge is 0.276 e. The molecule has 1 amide bonds. The molecule has 0 saturated carbocycles. The van der Waals surface area contributed by atoms with E-state index in [2.05, 4.69) is 40.0 Å². The molecule has 1 aromatic heterocycles. The predicted molar refractivity (Wildman–Crippen MR) is 83.1 cm³/mol. The van der Waals surface area contributed by atoms with Crippen LogP contribution in [0.1, 0.15) is 28.0 Å². The lowest BCUT2D eigenvalue weighted by atomic mass is 9.99. The summed E-state index contributed by atoms with van der Waals surface area (Å²) in [6, 6.07) is 11.7. The molecule has 0 atom stereocenters. The van der Waals surface area contributed by atoms with Gasteiger partial charge in [0.1, 0.15) is 10.3 Å². The molecule has 0 saturated heterocycles. The number of amides is 1. The maximum atomic E-state index is 12.6. The molecule has 0 bridgehead atoms. The number of rotatable bonds is 1. The normalized spacial score (nSPS) is 14.0. The van der Waals surface area contributed by atoms with Gasteiger partial charge in [0.25, 0.3) is 5.91 Å². The van der Waals surface area contributed by atoms with Gasteiger partial charge >= 0.3 is 0 Å². The quantitative estimate of drug-likeness (QED) is 0.746. The highest BCUT2D eigenvalue weighted by atomic mass is 79.9. The number of hydrogen-bond donors (Lipinski definition) is 0. The SMILES string of the molecule is Cc1ccc2c(c1)CCCN2C(=O)c1cccc(Br)n1. The van der Waals surface area contributed by atoms with E-state index in [9.17, 15) is 4.79 Å². The molecule has 2 heterocycles. The van der Waals surface area contributed by atoms with Gasteiger partial charge < -0.3 is 4.90 Å². The molecule has 2 aromatic rings. The fourth-order valence-corrected chi connectivity index (χ4v) is 2.95. The second kappa shape index (κ2) is 5.37. The summed E-state index contributed by atoms with van der Waals surface area (Å²) in [5, 5.41) is 0. The highest BCUT2D eigenvalue weighted by molar-refractivity contribution is 9.10. The van der Waals surface area contributed by atoms with Crippen LogP contribution in [0.15, 0.2) is 41.0 Å². The lowest BCUT2D eigenvalue weighted by Crippen LogP contribution is -2.36. The van der Waals surface area contributed by atoms with Crippen LogP contribution in [0.5, 0.6) is 0 Å². The number of hydrogen-bond acceptors (Lipinski definition) is 2. The van der Waals surface area contributed by atoms with Crippen LogP contribution in [0.2, 0.25) is 0 Å². The fourth-order valence-electron chi connectivity index (χ4n) is 2.60. The molecule has 0 aliphatic carbocycles. The minimum Gasteiger partial charge on any atom is -0.307 e. The van der Waals surface area contributed by atoms with Crippen molar-refractivity contribution in [2.45, 2.75) is 19.8 Å². The minimum atomic E-state index is -0.0314. The Balaban J connectivity index is 1.98. The van der Waals surface area contributed by atoms with Crippen LogP contribution < -0.4 is 4.90 Å². The number of nitrogens with zero attached hydrogens (tertiary/aromatic N) is 2. The van der Waals surface area contributed by atoms with E-state index in [1.54, 1.807) is 6.07 Å². The van der Waals surface area contributed by atoms with Gasteiger partial charge in [-0.3, -0.25) is 4.79 Å². The number of carbonyl (C=O) groups excluding carboxylic acids is 1. The number of carbonyl (C=O) groups is 1. The molecule has 4 heteroatoms. The first-order valence-electron chi connectivity index (χ1n) is 6.69. The van der Waals surface area contributed by atoms with Gasteiger partial charge in [-0.25, -0.2) is 4.98 Å². The number of benzene rings is 1. The Labute approximate surface area is 126 Å². The summed E-state index contributed by atoms with van der Waals surface area (Å²) in [6.07, 6.45) is 2.03. The highest BCUT2D eigenvalue weighted by Crippen LogP contribution is 2.29. The molecular weight excluding hydrogens is 316 g/mol. The molecule has 0 N–H and O–H groups in total. The zero-order valence-electron chi connectivity index (χ0n) is 11.3. The maximum absolute atomic E-state index is 12.6. The Bertz CT molecular complexity index is 669. The number of aromatic nitrogens is 1. The third kappa shape index (κ3) is 2.48. The zero-order valence-corrected chi connectivity index (χ0v) is 12.9. The van der Waals surface area contributed by atoms with Gasteiger partial charge in [0.05, 0.1) is 0 Å². The van der Waals surface area contributed by atoms with Crippen LogP contribution >= 0.6 is 15.9 Å². The first-order valence-corrected chi connectivity index (χ1v) is 7.48. The Morgan fingerprint density at radius 1 is 1.30 bits per heavy atom. The van der Waals surface area contributed by atoms with Crippen molar-refractivity contribution in [3.05, 3.63) is 57.8 Å². The molecule has 1 aromatic carbocycles. The zero-order chi connectivity index (χ0) is 14.1. The lowest BCUT2D eigenvalue weighted by molar-refractivity contribution is 0.0980. The summed E-state index contributed by atoms with van der Waals surface area (Å²) < 4.78 is 0.685. The number of halogens is 1. The van der Waals surface area contributed by atoms with E-state index in [1.165, 1.54) is 11.1 Å². The van der Waals surface area contributed by atoms with Crippen molar-refractivity contribution in [2.75, 3.05) is 11.4 Å². The Morgan fingerprint density at radius 3 is 2.95 bits per heavy atom. The third-order valence-electron chi connectivity index (χ3n) is 3.53. The highest BCUT2D eigenvalue weighted by Gasteiger charge is 2.24. The monoisotopic (exact) mass is 330 g/mol. The first-order chi connectivity index (χ1) is 9.65. The van der Waals surface area contributed by atoms with Gasteiger partial charge in [-0.2, -0.15) is 0 Å². The molecule has 3 nitrogen and oxygen atoms in total. The molecule has 3 rings (SSSR count). The number of fused-ring (bicyclic) bond motifs is 1. The average Bonchev–Trinajstić information content (AvgIpc) is 2.45. The Hall–Kier alpha value is -1.68. The molecule has 0 fully saturated rings. The van der Waals surface area contributed by atoms with Crippen molar-refractivity contribution >= 4 is 27.5 Å². The molecule has 1 aliphatic rings. The molecule has 102 valence electrons. The summed E-state index contributed by atoms with van der Waals surface area (Å²) >= 11 is 3.31. The van der Waals surface area contributed by atoms with Crippen LogP contribution in [-0.2, 0) is 6.42 Å². The van der Waals surface area contributed by atoms with Gasteiger partial charge in [-0.1, -0.05) is 23.8 Å². The van der Waals surface area contributed by atoms with Crippen LogP contribution in [0.25, 0.3) is 0 Å². The van der Waals surface area contributed by atoms with E-state index in [1.807, 2.05) is 23.1 Å². The maximum Gasteiger partial charge on any atom is 0.276 e. The molecular formula is C16H15BrN2O. The van der Waals surface area contributed by atoms with Crippen molar-refractivity contribution in [2.24, 2.45) is 0 Å². The predicted octanol–water partition coefficient (Wildman–Crippen LogP) is 3.75. The number of anilines is 1. The topological polar surface area (TPSA) is 33.2 Å². The molecule has 0 unspecified atom stereocenters. The lowest BCUT2D eigenvalue weighted by Gasteiger charge is -2.29. The van der Waals surface area contributed by atoms with E-state index in [0.717, 1.165) is 25.1 Å². The van der Waals surface area contributed by atoms with E-state index >= 15 is 0 Å². The third-order valence-corrected chi connectivity index (χ3v) is 3.97. The van der Waals surface area contributed by atoms with Gasteiger partial charge in [-0.15, -0.1) is 0 Å². The van der Waals surface area contributed by atoms with Crippen molar-refractivity contribution in [3.63, 3.8) is 0 Å². The van der Waals surface area contributed by atoms with Crippen molar-refractivity contribution in [1.82, 2.24) is 4.98 Å². The summed E-state index contributed by atoms with van der Waals surface area (Å²) in [7, 11) is 0. The number of aryl methyl sites for hydroxylation is 2. The molecule has 0 radical (unpaired) electrons. The van der Waals surface area contributed by atoms with Gasteiger partial charge in [0, 0.05) is 12.2 Å². The first kappa shape index (κ1) is 13.3. The summed E-state index contributed by atoms with van der Waals surface area (Å²) in [5.41, 5.74) is 3.99. The summed E-state index contributed by atoms with van der Waals surface area (Å²) in [5.74, 6) is -0.0314. The molecule has 20 heavy (non-hydrogen) atoms. The molecule has 0 spiro atoms. The summed E-state index contributed by atoms with van der Waals surface area (Å²) in [4.78, 5) is 18.7. The van der Waals surface area contributed by atoms with Crippen molar-refractivity contribution in [3.8, 4) is 0 Å². The van der Waals surface area contributed by atoms with Crippen LogP contribution in [-0.4, -0.2) is 17.4 Å². The average molecular weight is 331 g/mol. The standard InChI is InChI=1S/C16H15BrN2O/c1-11-7-8-14-12(10-11)4-3-9-19(14)16(20)13-5-2-6-15(17)18-13/h2,5-8,10H,3-4,9H2,1H3. The van der Waals surface area contributed by atoms with E-state index in [4.69, 9.17) is 0 Å². The molecule has 1 aliphatic heterocycles. The second-order valence-corrected chi connectivity index (χ2v) is 5.85. The Morgan fingerprint density at radius 2 is 2.15 bits per heavy atom. The largest absolute Gasteiger partial charge is 0.307 e. The van der Waals surface area contributed by atoms with E-state index in [0.29, 0.717) is 10.3 Å². The van der Waals surface area contributed by atoms with Gasteiger partial charge in [0.2, 0.25) is 0 Å². The van der Waals surface area contributed by atoms with Crippen LogP contribution in [0.3, 0.4) is 0 Å². The second-order valence-electron chi connectivity index (χ2n) is 5.04. The van der Waals surface area contributed by atoms with Gasteiger partial charge in [-0.05, 0) is 59.5 Å². The van der Waals surface area contributed by atoms with Gasteiger partial charge in [0.15, 0.2) is 0 Å². The fraction of sp³-hybridized carbons (Fsp3) is 0.250. The van der Waals surface area contributed by atoms with E-state index in [-0.39, 0.29) is 5.91 Å². The summed E-state index contributed by atoms with van der Waals surface area (Å²) in [6.45, 7) is 2.83. The van der Waals surface area contributed by atoms with Crippen LogP contribution in [0, 0.1) is 6.92 Å². The van der Waals surface area contributed by atoms with Crippen molar-refractivity contribution in [1.29, 1.82) is 0 Å².